The minimum atomic E-state index is -3.73. The van der Waals surface area contributed by atoms with Gasteiger partial charge < -0.3 is 10.1 Å². The molecule has 0 aliphatic heterocycles. The molecule has 0 radical (unpaired) electrons. The molecule has 0 unspecified atom stereocenters. The first kappa shape index (κ1) is 16.2. The molecule has 4 rings (SSSR count). The Hall–Kier alpha value is -2.27. The van der Waals surface area contributed by atoms with Crippen LogP contribution in [0.25, 0.3) is 20.4 Å². The van der Waals surface area contributed by atoms with Crippen LogP contribution in [0.5, 0.6) is 5.75 Å². The fraction of sp³-hybridized carbons (Fsp3) is 0.0667. The highest BCUT2D eigenvalue weighted by atomic mass is 32.2. The number of nitrogens with two attached hydrogens (primary N) is 1. The average Bonchev–Trinajstić information content (AvgIpc) is 3.14. The molecule has 0 bridgehead atoms. The van der Waals surface area contributed by atoms with Crippen molar-refractivity contribution in [3.05, 3.63) is 36.4 Å². The number of nitrogens with zero attached hydrogens (tertiary/aromatic N) is 2. The van der Waals surface area contributed by atoms with Gasteiger partial charge in [-0.05, 0) is 30.3 Å². The molecule has 0 fully saturated rings. The number of primary sulfonamides is 1. The second-order valence-electron chi connectivity index (χ2n) is 5.17. The van der Waals surface area contributed by atoms with E-state index in [2.05, 4.69) is 15.3 Å². The van der Waals surface area contributed by atoms with Gasteiger partial charge in [0, 0.05) is 6.07 Å². The summed E-state index contributed by atoms with van der Waals surface area (Å²) in [7, 11) is -2.12. The van der Waals surface area contributed by atoms with Crippen molar-refractivity contribution in [1.29, 1.82) is 0 Å². The van der Waals surface area contributed by atoms with E-state index in [-0.39, 0.29) is 4.90 Å². The number of aromatic nitrogens is 2. The summed E-state index contributed by atoms with van der Waals surface area (Å²) in [6, 6.07) is 10.3. The molecule has 0 spiro atoms. The number of hydrogen-bond donors (Lipinski definition) is 2. The van der Waals surface area contributed by atoms with E-state index in [1.54, 1.807) is 13.2 Å². The van der Waals surface area contributed by atoms with Gasteiger partial charge in [0.25, 0.3) is 0 Å². The van der Waals surface area contributed by atoms with Gasteiger partial charge in [-0.2, -0.15) is 0 Å². The van der Waals surface area contributed by atoms with Crippen molar-refractivity contribution in [3.63, 3.8) is 0 Å². The van der Waals surface area contributed by atoms with Crippen molar-refractivity contribution in [2.75, 3.05) is 12.4 Å². The number of thiazole rings is 2. The summed E-state index contributed by atoms with van der Waals surface area (Å²) in [6.07, 6.45) is 0. The summed E-state index contributed by atoms with van der Waals surface area (Å²) in [6.45, 7) is 0. The van der Waals surface area contributed by atoms with Gasteiger partial charge in [0.1, 0.15) is 5.75 Å². The van der Waals surface area contributed by atoms with Crippen molar-refractivity contribution in [2.45, 2.75) is 4.90 Å². The normalized spacial score (nSPS) is 11.9. The van der Waals surface area contributed by atoms with Crippen molar-refractivity contribution in [3.8, 4) is 5.75 Å². The first-order chi connectivity index (χ1) is 11.9. The molecule has 3 N–H and O–H groups in total. The molecule has 0 aliphatic carbocycles. The van der Waals surface area contributed by atoms with Crippen molar-refractivity contribution >= 4 is 63.4 Å². The van der Waals surface area contributed by atoms with E-state index in [1.807, 2.05) is 18.2 Å². The SMILES string of the molecule is COc1ccc2sc(Nc3nc4ccc(S(N)(=O)=O)cc4s3)nc2c1. The van der Waals surface area contributed by atoms with Gasteiger partial charge in [-0.3, -0.25) is 0 Å². The summed E-state index contributed by atoms with van der Waals surface area (Å²) in [5.74, 6) is 0.750. The van der Waals surface area contributed by atoms with Crippen LogP contribution < -0.4 is 15.2 Å². The highest BCUT2D eigenvalue weighted by molar-refractivity contribution is 7.89. The Morgan fingerprint density at radius 1 is 1.00 bits per heavy atom. The van der Waals surface area contributed by atoms with Gasteiger partial charge in [0.05, 0.1) is 32.4 Å². The van der Waals surface area contributed by atoms with Gasteiger partial charge in [0.15, 0.2) is 10.3 Å². The lowest BCUT2D eigenvalue weighted by Crippen LogP contribution is -2.11. The van der Waals surface area contributed by atoms with Crippen LogP contribution in [0.4, 0.5) is 10.3 Å². The van der Waals surface area contributed by atoms with E-state index in [9.17, 15) is 8.42 Å². The van der Waals surface area contributed by atoms with Crippen LogP contribution in [0.1, 0.15) is 0 Å². The minimum Gasteiger partial charge on any atom is -0.497 e. The maximum Gasteiger partial charge on any atom is 0.238 e. The van der Waals surface area contributed by atoms with Crippen molar-refractivity contribution in [1.82, 2.24) is 9.97 Å². The molecule has 0 amide bonds. The molecular weight excluding hydrogens is 380 g/mol. The third kappa shape index (κ3) is 3.16. The molecule has 2 aromatic heterocycles. The van der Waals surface area contributed by atoms with Crippen LogP contribution in [0.15, 0.2) is 41.3 Å². The quantitative estimate of drug-likeness (QED) is 0.552. The monoisotopic (exact) mass is 392 g/mol. The van der Waals surface area contributed by atoms with E-state index in [4.69, 9.17) is 9.88 Å². The largest absolute Gasteiger partial charge is 0.497 e. The number of benzene rings is 2. The molecular formula is C15H12N4O3S3. The standard InChI is InChI=1S/C15H12N4O3S3/c1-22-8-2-5-12-11(6-8)18-15(23-12)19-14-17-10-4-3-9(25(16,20)21)7-13(10)24-14/h2-7H,1H3,(H2,16,20,21)(H,17,18,19). The number of ether oxygens (including phenoxy) is 1. The Kier molecular flexibility index (Phi) is 3.84. The van der Waals surface area contributed by atoms with E-state index in [1.165, 1.54) is 34.8 Å². The number of nitrogens with one attached hydrogen (secondary N) is 1. The summed E-state index contributed by atoms with van der Waals surface area (Å²) >= 11 is 2.84. The molecule has 7 nitrogen and oxygen atoms in total. The number of hydrogen-bond acceptors (Lipinski definition) is 8. The lowest BCUT2D eigenvalue weighted by atomic mass is 10.3. The highest BCUT2D eigenvalue weighted by Gasteiger charge is 2.12. The third-order valence-corrected chi connectivity index (χ3v) is 6.29. The number of sulfonamides is 1. The molecule has 2 aromatic carbocycles. The first-order valence-electron chi connectivity index (χ1n) is 7.07. The molecule has 128 valence electrons. The fourth-order valence-corrected chi connectivity index (χ4v) is 4.74. The number of methoxy groups -OCH3 is 1. The van der Waals surface area contributed by atoms with Crippen LogP contribution in [0, 0.1) is 0 Å². The van der Waals surface area contributed by atoms with Crippen LogP contribution in [-0.4, -0.2) is 25.5 Å². The Morgan fingerprint density at radius 2 is 1.72 bits per heavy atom. The average molecular weight is 392 g/mol. The first-order valence-corrected chi connectivity index (χ1v) is 10.3. The molecule has 0 atom stereocenters. The van der Waals surface area contributed by atoms with Gasteiger partial charge in [-0.15, -0.1) is 0 Å². The molecule has 0 aliphatic rings. The molecule has 0 saturated heterocycles. The summed E-state index contributed by atoms with van der Waals surface area (Å²) < 4.78 is 29.9. The summed E-state index contributed by atoms with van der Waals surface area (Å²) in [4.78, 5) is 9.04. The van der Waals surface area contributed by atoms with Crippen LogP contribution in [-0.2, 0) is 10.0 Å². The second-order valence-corrected chi connectivity index (χ2v) is 8.79. The van der Waals surface area contributed by atoms with Gasteiger partial charge in [-0.25, -0.2) is 23.5 Å². The molecule has 10 heteroatoms. The predicted octanol–water partition coefficient (Wildman–Crippen LogP) is 3.31. The van der Waals surface area contributed by atoms with Crippen molar-refractivity contribution < 1.29 is 13.2 Å². The predicted molar refractivity (Wildman–Crippen MR) is 100 cm³/mol. The second kappa shape index (κ2) is 5.92. The van der Waals surface area contributed by atoms with Gasteiger partial charge in [0.2, 0.25) is 10.0 Å². The Labute approximate surface area is 151 Å². The zero-order valence-corrected chi connectivity index (χ0v) is 15.3. The van der Waals surface area contributed by atoms with Crippen molar-refractivity contribution in [2.24, 2.45) is 5.14 Å². The third-order valence-electron chi connectivity index (χ3n) is 3.50. The lowest BCUT2D eigenvalue weighted by molar-refractivity contribution is 0.415. The van der Waals surface area contributed by atoms with Gasteiger partial charge in [-0.1, -0.05) is 22.7 Å². The topological polar surface area (TPSA) is 107 Å². The van der Waals surface area contributed by atoms with E-state index < -0.39 is 10.0 Å². The summed E-state index contributed by atoms with van der Waals surface area (Å²) in [5, 5.41) is 9.67. The molecule has 0 saturated carbocycles. The number of rotatable bonds is 4. The number of anilines is 2. The Bertz CT molecular complexity index is 1200. The minimum absolute atomic E-state index is 0.0716. The Balaban J connectivity index is 1.68. The highest BCUT2D eigenvalue weighted by Crippen LogP contribution is 2.34. The zero-order valence-electron chi connectivity index (χ0n) is 12.9. The lowest BCUT2D eigenvalue weighted by Gasteiger charge is -1.96. The van der Waals surface area contributed by atoms with Crippen LogP contribution >= 0.6 is 22.7 Å². The summed E-state index contributed by atoms with van der Waals surface area (Å²) in [5.41, 5.74) is 1.53. The smallest absolute Gasteiger partial charge is 0.238 e. The molecule has 2 heterocycles. The zero-order chi connectivity index (χ0) is 17.6. The Morgan fingerprint density at radius 3 is 2.44 bits per heavy atom. The van der Waals surface area contributed by atoms with E-state index in [0.717, 1.165) is 20.7 Å². The molecule has 4 aromatic rings. The molecule has 25 heavy (non-hydrogen) atoms. The van der Waals surface area contributed by atoms with Gasteiger partial charge >= 0.3 is 0 Å². The van der Waals surface area contributed by atoms with Crippen LogP contribution in [0.3, 0.4) is 0 Å². The number of fused-ring (bicyclic) bond motifs is 2. The maximum absolute atomic E-state index is 11.5. The van der Waals surface area contributed by atoms with E-state index in [0.29, 0.717) is 15.8 Å². The maximum atomic E-state index is 11.5. The van der Waals surface area contributed by atoms with E-state index >= 15 is 0 Å². The van der Waals surface area contributed by atoms with Crippen LogP contribution in [0.2, 0.25) is 0 Å². The fourth-order valence-electron chi connectivity index (χ4n) is 2.31.